The van der Waals surface area contributed by atoms with Gasteiger partial charge in [-0.1, -0.05) is 23.5 Å². The Morgan fingerprint density at radius 3 is 2.57 bits per heavy atom. The summed E-state index contributed by atoms with van der Waals surface area (Å²) >= 11 is 1.48. The van der Waals surface area contributed by atoms with Crippen LogP contribution in [0.3, 0.4) is 0 Å². The molecule has 1 aromatic heterocycles. The number of amides is 2. The molecule has 156 valence electrons. The van der Waals surface area contributed by atoms with Crippen molar-refractivity contribution in [2.45, 2.75) is 12.8 Å². The zero-order chi connectivity index (χ0) is 21.3. The normalized spacial score (nSPS) is 15.6. The first-order valence-corrected chi connectivity index (χ1v) is 10.4. The largest absolute Gasteiger partial charge is 0.339 e. The van der Waals surface area contributed by atoms with E-state index in [2.05, 4.69) is 10.5 Å². The molecule has 2 amide bonds. The van der Waals surface area contributed by atoms with Gasteiger partial charge in [0.1, 0.15) is 11.6 Å². The molecular formula is C21H20F2N4O2S. The molecule has 1 N–H and O–H groups in total. The number of likely N-dealkylation sites (tertiary alicyclic amines) is 1. The van der Waals surface area contributed by atoms with Gasteiger partial charge in [0, 0.05) is 32.1 Å². The van der Waals surface area contributed by atoms with Crippen LogP contribution in [0.4, 0.5) is 8.78 Å². The molecule has 6 nitrogen and oxygen atoms in total. The highest BCUT2D eigenvalue weighted by molar-refractivity contribution is 7.16. The van der Waals surface area contributed by atoms with E-state index in [0.717, 1.165) is 22.3 Å². The second-order valence-electron chi connectivity index (χ2n) is 7.19. The summed E-state index contributed by atoms with van der Waals surface area (Å²) in [6, 6.07) is 10.8. The fraction of sp³-hybridized carbons (Fsp3) is 0.286. The molecule has 30 heavy (non-hydrogen) atoms. The van der Waals surface area contributed by atoms with Crippen LogP contribution < -0.4 is 10.2 Å². The van der Waals surface area contributed by atoms with Gasteiger partial charge in [0.2, 0.25) is 10.7 Å². The second kappa shape index (κ2) is 8.35. The van der Waals surface area contributed by atoms with Gasteiger partial charge in [0.05, 0.1) is 15.8 Å². The summed E-state index contributed by atoms with van der Waals surface area (Å²) in [6.07, 6.45) is 0.906. The molecule has 3 aromatic rings. The number of aryl methyl sites for hydroxylation is 1. The first-order chi connectivity index (χ1) is 14.4. The van der Waals surface area contributed by atoms with Gasteiger partial charge in [-0.2, -0.15) is 0 Å². The minimum absolute atomic E-state index is 0.161. The number of para-hydroxylation sites is 1. The van der Waals surface area contributed by atoms with Crippen molar-refractivity contribution < 1.29 is 18.4 Å². The van der Waals surface area contributed by atoms with Crippen LogP contribution >= 0.6 is 11.3 Å². The Hall–Kier alpha value is -3.07. The van der Waals surface area contributed by atoms with Crippen molar-refractivity contribution in [2.24, 2.45) is 18.1 Å². The number of piperidine rings is 1. The Balaban J connectivity index is 1.38. The molecule has 2 aromatic carbocycles. The van der Waals surface area contributed by atoms with Gasteiger partial charge < -0.3 is 9.47 Å². The highest BCUT2D eigenvalue weighted by atomic mass is 32.1. The van der Waals surface area contributed by atoms with E-state index in [4.69, 9.17) is 0 Å². The number of fused-ring (bicyclic) bond motifs is 1. The van der Waals surface area contributed by atoms with Crippen molar-refractivity contribution in [3.63, 3.8) is 0 Å². The molecule has 1 aliphatic rings. The van der Waals surface area contributed by atoms with E-state index in [-0.39, 0.29) is 17.4 Å². The third kappa shape index (κ3) is 3.97. The van der Waals surface area contributed by atoms with Crippen molar-refractivity contribution in [3.8, 4) is 0 Å². The maximum atomic E-state index is 13.9. The highest BCUT2D eigenvalue weighted by Crippen LogP contribution is 2.21. The van der Waals surface area contributed by atoms with Crippen molar-refractivity contribution in [1.29, 1.82) is 0 Å². The standard InChI is InChI=1S/C21H20F2N4O2S/c1-26-17-4-2-3-5-18(17)30-21(26)25-24-19(28)13-8-10-27(11-9-13)20(29)15-7-6-14(22)12-16(15)23/h2-7,12-13H,8-11H2,1H3,(H,24,28)/b25-21-. The lowest BCUT2D eigenvalue weighted by molar-refractivity contribution is -0.126. The zero-order valence-corrected chi connectivity index (χ0v) is 17.1. The molecule has 0 aliphatic carbocycles. The maximum Gasteiger partial charge on any atom is 0.256 e. The number of nitrogens with one attached hydrogen (secondary N) is 1. The number of thiazole rings is 1. The molecule has 0 spiro atoms. The molecule has 1 aliphatic heterocycles. The summed E-state index contributed by atoms with van der Waals surface area (Å²) in [5.41, 5.74) is 3.51. The number of aromatic nitrogens is 1. The Morgan fingerprint density at radius 2 is 1.87 bits per heavy atom. The lowest BCUT2D eigenvalue weighted by Crippen LogP contribution is -2.42. The molecule has 4 rings (SSSR count). The van der Waals surface area contributed by atoms with Crippen LogP contribution in [0.5, 0.6) is 0 Å². The molecular weight excluding hydrogens is 410 g/mol. The Labute approximate surface area is 175 Å². The van der Waals surface area contributed by atoms with Crippen molar-refractivity contribution in [2.75, 3.05) is 13.1 Å². The molecule has 0 saturated carbocycles. The molecule has 1 fully saturated rings. The first-order valence-electron chi connectivity index (χ1n) is 9.56. The SMILES string of the molecule is Cn1/c(=N/NC(=O)C2CCN(C(=O)c3ccc(F)cc3F)CC2)sc2ccccc21. The summed E-state index contributed by atoms with van der Waals surface area (Å²) in [5, 5.41) is 4.26. The Kier molecular flexibility index (Phi) is 5.63. The second-order valence-corrected chi connectivity index (χ2v) is 8.20. The molecule has 0 radical (unpaired) electrons. The van der Waals surface area contributed by atoms with Gasteiger partial charge in [-0.05, 0) is 37.1 Å². The van der Waals surface area contributed by atoms with Gasteiger partial charge in [0.15, 0.2) is 0 Å². The predicted molar refractivity (Wildman–Crippen MR) is 109 cm³/mol. The highest BCUT2D eigenvalue weighted by Gasteiger charge is 2.29. The van der Waals surface area contributed by atoms with E-state index >= 15 is 0 Å². The van der Waals surface area contributed by atoms with Crippen LogP contribution in [0, 0.1) is 17.6 Å². The fourth-order valence-electron chi connectivity index (χ4n) is 3.56. The van der Waals surface area contributed by atoms with Gasteiger partial charge in [-0.15, -0.1) is 5.10 Å². The van der Waals surface area contributed by atoms with Crippen LogP contribution in [-0.4, -0.2) is 34.4 Å². The number of carbonyl (C=O) groups is 2. The van der Waals surface area contributed by atoms with E-state index < -0.39 is 17.5 Å². The van der Waals surface area contributed by atoms with Crippen LogP contribution in [0.15, 0.2) is 47.6 Å². The van der Waals surface area contributed by atoms with Crippen LogP contribution in [0.2, 0.25) is 0 Å². The minimum atomic E-state index is -0.880. The van der Waals surface area contributed by atoms with Gasteiger partial charge in [-0.3, -0.25) is 9.59 Å². The quantitative estimate of drug-likeness (QED) is 0.650. The summed E-state index contributed by atoms with van der Waals surface area (Å²) in [6.45, 7) is 0.648. The van der Waals surface area contributed by atoms with E-state index in [0.29, 0.717) is 36.8 Å². The van der Waals surface area contributed by atoms with Gasteiger partial charge >= 0.3 is 0 Å². The number of halogens is 2. The maximum absolute atomic E-state index is 13.9. The number of benzene rings is 2. The molecule has 0 atom stereocenters. The van der Waals surface area contributed by atoms with Crippen LogP contribution in [0.25, 0.3) is 10.2 Å². The number of rotatable bonds is 3. The summed E-state index contributed by atoms with van der Waals surface area (Å²) in [7, 11) is 1.89. The third-order valence-electron chi connectivity index (χ3n) is 5.29. The van der Waals surface area contributed by atoms with Crippen LogP contribution in [-0.2, 0) is 11.8 Å². The average Bonchev–Trinajstić information content (AvgIpc) is 3.07. The topological polar surface area (TPSA) is 66.7 Å². The van der Waals surface area contributed by atoms with Crippen molar-refractivity contribution >= 4 is 33.4 Å². The predicted octanol–water partition coefficient (Wildman–Crippen LogP) is 3.00. The first kappa shape index (κ1) is 20.2. The molecule has 1 saturated heterocycles. The van der Waals surface area contributed by atoms with Crippen molar-refractivity contribution in [3.05, 3.63) is 64.5 Å². The monoisotopic (exact) mass is 430 g/mol. The minimum Gasteiger partial charge on any atom is -0.339 e. The van der Waals surface area contributed by atoms with Crippen LogP contribution in [0.1, 0.15) is 23.2 Å². The molecule has 2 heterocycles. The summed E-state index contributed by atoms with van der Waals surface area (Å²) in [5.74, 6) is -2.58. The van der Waals surface area contributed by atoms with E-state index in [1.54, 1.807) is 0 Å². The smallest absolute Gasteiger partial charge is 0.256 e. The Bertz CT molecular complexity index is 1180. The number of carbonyl (C=O) groups excluding carboxylic acids is 2. The number of hydrogen-bond donors (Lipinski definition) is 1. The Morgan fingerprint density at radius 1 is 1.13 bits per heavy atom. The van der Waals surface area contributed by atoms with E-state index in [1.165, 1.54) is 16.2 Å². The molecule has 9 heteroatoms. The van der Waals surface area contributed by atoms with Gasteiger partial charge in [0.25, 0.3) is 5.91 Å². The van der Waals surface area contributed by atoms with E-state index in [1.807, 2.05) is 35.9 Å². The summed E-state index contributed by atoms with van der Waals surface area (Å²) < 4.78 is 29.9. The summed E-state index contributed by atoms with van der Waals surface area (Å²) in [4.78, 5) is 27.2. The lowest BCUT2D eigenvalue weighted by atomic mass is 9.95. The number of hydrogen-bond acceptors (Lipinski definition) is 4. The molecule has 0 unspecified atom stereocenters. The fourth-order valence-corrected chi connectivity index (χ4v) is 4.54. The van der Waals surface area contributed by atoms with Crippen molar-refractivity contribution in [1.82, 2.24) is 14.9 Å². The average molecular weight is 430 g/mol. The zero-order valence-electron chi connectivity index (χ0n) is 16.3. The lowest BCUT2D eigenvalue weighted by Gasteiger charge is -2.31. The molecule has 0 bridgehead atoms. The number of nitrogens with zero attached hydrogens (tertiary/aromatic N) is 3. The van der Waals surface area contributed by atoms with Gasteiger partial charge in [-0.25, -0.2) is 14.2 Å². The third-order valence-corrected chi connectivity index (χ3v) is 6.40. The van der Waals surface area contributed by atoms with E-state index in [9.17, 15) is 18.4 Å².